The molecule has 6 heteroatoms. The van der Waals surface area contributed by atoms with Gasteiger partial charge in [0, 0.05) is 18.2 Å². The van der Waals surface area contributed by atoms with E-state index < -0.39 is 0 Å². The van der Waals surface area contributed by atoms with Gasteiger partial charge in [-0.05, 0) is 61.8 Å². The normalized spacial score (nSPS) is 17.4. The van der Waals surface area contributed by atoms with E-state index in [4.69, 9.17) is 14.2 Å². The molecule has 2 aliphatic heterocycles. The van der Waals surface area contributed by atoms with Crippen LogP contribution in [0.25, 0.3) is 0 Å². The molecule has 0 radical (unpaired) electrons. The highest BCUT2D eigenvalue weighted by Crippen LogP contribution is 2.31. The number of piperidine rings is 1. The standard InChI is InChI=1S/C24H30N2O4/c1-28-20-8-5-18(6-9-20)21(26-11-3-2-4-12-26)16-25-17-22(27)19-7-10-23-24(15-19)30-14-13-29-23/h5-10,15,21,25H,2-4,11-14,16-17H2,1H3. The lowest BCUT2D eigenvalue weighted by Crippen LogP contribution is -2.40. The van der Waals surface area contributed by atoms with Crippen molar-refractivity contribution in [2.75, 3.05) is 46.5 Å². The molecule has 0 spiro atoms. The molecule has 0 bridgehead atoms. The average Bonchev–Trinajstić information content (AvgIpc) is 2.82. The van der Waals surface area contributed by atoms with Crippen LogP contribution in [0.5, 0.6) is 17.2 Å². The van der Waals surface area contributed by atoms with Crippen LogP contribution in [0.15, 0.2) is 42.5 Å². The van der Waals surface area contributed by atoms with E-state index in [0.717, 1.165) is 25.4 Å². The number of hydrogen-bond acceptors (Lipinski definition) is 6. The topological polar surface area (TPSA) is 60.0 Å². The summed E-state index contributed by atoms with van der Waals surface area (Å²) >= 11 is 0. The zero-order chi connectivity index (χ0) is 20.8. The minimum atomic E-state index is 0.0547. The lowest BCUT2D eigenvalue weighted by atomic mass is 10.0. The molecule has 0 amide bonds. The molecule has 160 valence electrons. The van der Waals surface area contributed by atoms with Crippen LogP contribution in [0.1, 0.15) is 41.2 Å². The molecule has 2 aliphatic rings. The third-order valence-electron chi connectivity index (χ3n) is 5.82. The Labute approximate surface area is 178 Å². The molecule has 1 unspecified atom stereocenters. The fourth-order valence-corrected chi connectivity index (χ4v) is 4.16. The highest BCUT2D eigenvalue weighted by molar-refractivity contribution is 5.98. The summed E-state index contributed by atoms with van der Waals surface area (Å²) in [6, 6.07) is 13.9. The molecule has 4 rings (SSSR count). The molecule has 1 atom stereocenters. The van der Waals surface area contributed by atoms with Gasteiger partial charge >= 0.3 is 0 Å². The monoisotopic (exact) mass is 410 g/mol. The number of fused-ring (bicyclic) bond motifs is 1. The Morgan fingerprint density at radius 2 is 1.77 bits per heavy atom. The van der Waals surface area contributed by atoms with Crippen molar-refractivity contribution < 1.29 is 19.0 Å². The van der Waals surface area contributed by atoms with Gasteiger partial charge in [0.1, 0.15) is 19.0 Å². The van der Waals surface area contributed by atoms with Crippen molar-refractivity contribution in [3.05, 3.63) is 53.6 Å². The molecule has 2 heterocycles. The van der Waals surface area contributed by atoms with Gasteiger partial charge in [0.05, 0.1) is 13.7 Å². The predicted octanol–water partition coefficient (Wildman–Crippen LogP) is 3.47. The molecule has 2 aromatic rings. The first-order chi connectivity index (χ1) is 14.7. The van der Waals surface area contributed by atoms with Gasteiger partial charge in [-0.3, -0.25) is 9.69 Å². The fourth-order valence-electron chi connectivity index (χ4n) is 4.16. The SMILES string of the molecule is COc1ccc(C(CNCC(=O)c2ccc3c(c2)OCCO3)N2CCCCC2)cc1. The molecule has 0 saturated carbocycles. The smallest absolute Gasteiger partial charge is 0.176 e. The second-order valence-corrected chi connectivity index (χ2v) is 7.80. The van der Waals surface area contributed by atoms with Crippen LogP contribution in [0.3, 0.4) is 0 Å². The summed E-state index contributed by atoms with van der Waals surface area (Å²) in [6.07, 6.45) is 3.74. The Morgan fingerprint density at radius 3 is 2.50 bits per heavy atom. The highest BCUT2D eigenvalue weighted by Gasteiger charge is 2.23. The molecule has 1 saturated heterocycles. The summed E-state index contributed by atoms with van der Waals surface area (Å²) in [7, 11) is 1.68. The number of ketones is 1. The van der Waals surface area contributed by atoms with E-state index in [1.54, 1.807) is 13.2 Å². The Bertz CT molecular complexity index is 847. The Kier molecular flexibility index (Phi) is 6.87. The molecule has 6 nitrogen and oxygen atoms in total. The summed E-state index contributed by atoms with van der Waals surface area (Å²) in [4.78, 5) is 15.2. The van der Waals surface area contributed by atoms with Gasteiger partial charge in [0.15, 0.2) is 17.3 Å². The van der Waals surface area contributed by atoms with E-state index in [0.29, 0.717) is 36.8 Å². The van der Waals surface area contributed by atoms with Crippen molar-refractivity contribution in [1.29, 1.82) is 0 Å². The zero-order valence-corrected chi connectivity index (χ0v) is 17.6. The van der Waals surface area contributed by atoms with Crippen molar-refractivity contribution in [3.8, 4) is 17.2 Å². The molecule has 1 fully saturated rings. The predicted molar refractivity (Wildman–Crippen MR) is 116 cm³/mol. The number of benzene rings is 2. The number of Topliss-reactive ketones (excluding diaryl/α,β-unsaturated/α-hetero) is 1. The maximum absolute atomic E-state index is 12.7. The summed E-state index contributed by atoms with van der Waals surface area (Å²) in [6.45, 7) is 4.26. The third-order valence-corrected chi connectivity index (χ3v) is 5.82. The minimum absolute atomic E-state index is 0.0547. The molecular weight excluding hydrogens is 380 g/mol. The van der Waals surface area contributed by atoms with Crippen LogP contribution in [0.2, 0.25) is 0 Å². The number of carbonyl (C=O) groups excluding carboxylic acids is 1. The summed E-state index contributed by atoms with van der Waals surface area (Å²) in [5, 5.41) is 3.39. The second kappa shape index (κ2) is 9.96. The van der Waals surface area contributed by atoms with E-state index >= 15 is 0 Å². The number of nitrogens with zero attached hydrogens (tertiary/aromatic N) is 1. The van der Waals surface area contributed by atoms with Gasteiger partial charge in [-0.25, -0.2) is 0 Å². The third kappa shape index (κ3) is 4.94. The summed E-state index contributed by atoms with van der Waals surface area (Å²) in [5.74, 6) is 2.27. The van der Waals surface area contributed by atoms with Crippen LogP contribution in [0, 0.1) is 0 Å². The van der Waals surface area contributed by atoms with E-state index in [1.807, 2.05) is 24.3 Å². The van der Waals surface area contributed by atoms with Gasteiger partial charge in [-0.2, -0.15) is 0 Å². The average molecular weight is 411 g/mol. The quantitative estimate of drug-likeness (QED) is 0.673. The summed E-state index contributed by atoms with van der Waals surface area (Å²) < 4.78 is 16.4. The van der Waals surface area contributed by atoms with Crippen molar-refractivity contribution in [3.63, 3.8) is 0 Å². The molecule has 1 N–H and O–H groups in total. The van der Waals surface area contributed by atoms with Gasteiger partial charge in [0.25, 0.3) is 0 Å². The van der Waals surface area contributed by atoms with Crippen molar-refractivity contribution >= 4 is 5.78 Å². The molecular formula is C24H30N2O4. The summed E-state index contributed by atoms with van der Waals surface area (Å²) in [5.41, 5.74) is 1.89. The number of rotatable bonds is 8. The number of ether oxygens (including phenoxy) is 3. The minimum Gasteiger partial charge on any atom is -0.497 e. The lowest BCUT2D eigenvalue weighted by Gasteiger charge is -2.35. The van der Waals surface area contributed by atoms with Crippen molar-refractivity contribution in [2.24, 2.45) is 0 Å². The zero-order valence-electron chi connectivity index (χ0n) is 17.6. The van der Waals surface area contributed by atoms with Crippen LogP contribution < -0.4 is 19.5 Å². The molecule has 30 heavy (non-hydrogen) atoms. The second-order valence-electron chi connectivity index (χ2n) is 7.80. The highest BCUT2D eigenvalue weighted by atomic mass is 16.6. The molecule has 0 aliphatic carbocycles. The Hall–Kier alpha value is -2.57. The lowest BCUT2D eigenvalue weighted by molar-refractivity contribution is 0.0982. The van der Waals surface area contributed by atoms with Crippen molar-refractivity contribution in [1.82, 2.24) is 10.2 Å². The first kappa shape index (κ1) is 20.7. The molecule has 2 aromatic carbocycles. The Balaban J connectivity index is 1.39. The first-order valence-corrected chi connectivity index (χ1v) is 10.8. The van der Waals surface area contributed by atoms with E-state index in [9.17, 15) is 4.79 Å². The number of nitrogens with one attached hydrogen (secondary N) is 1. The van der Waals surface area contributed by atoms with Crippen LogP contribution in [-0.2, 0) is 0 Å². The number of hydrogen-bond donors (Lipinski definition) is 1. The van der Waals surface area contributed by atoms with Gasteiger partial charge in [0.2, 0.25) is 0 Å². The Morgan fingerprint density at radius 1 is 1.03 bits per heavy atom. The maximum atomic E-state index is 12.7. The number of carbonyl (C=O) groups is 1. The number of methoxy groups -OCH3 is 1. The van der Waals surface area contributed by atoms with Crippen LogP contribution >= 0.6 is 0 Å². The van der Waals surface area contributed by atoms with E-state index in [1.165, 1.54) is 24.8 Å². The molecule has 0 aromatic heterocycles. The van der Waals surface area contributed by atoms with Gasteiger partial charge < -0.3 is 19.5 Å². The van der Waals surface area contributed by atoms with E-state index in [-0.39, 0.29) is 11.8 Å². The van der Waals surface area contributed by atoms with Crippen LogP contribution in [-0.4, -0.2) is 57.2 Å². The largest absolute Gasteiger partial charge is 0.497 e. The van der Waals surface area contributed by atoms with Crippen LogP contribution in [0.4, 0.5) is 0 Å². The first-order valence-electron chi connectivity index (χ1n) is 10.8. The van der Waals surface area contributed by atoms with E-state index in [2.05, 4.69) is 22.3 Å². The van der Waals surface area contributed by atoms with Crippen molar-refractivity contribution in [2.45, 2.75) is 25.3 Å². The van der Waals surface area contributed by atoms with Gasteiger partial charge in [-0.15, -0.1) is 0 Å². The van der Waals surface area contributed by atoms with Gasteiger partial charge in [-0.1, -0.05) is 18.6 Å². The maximum Gasteiger partial charge on any atom is 0.176 e. The fraction of sp³-hybridized carbons (Fsp3) is 0.458. The number of likely N-dealkylation sites (tertiary alicyclic amines) is 1.